The second kappa shape index (κ2) is 12.4. The number of benzene rings is 2. The number of anilines is 1. The molecular weight excluding hydrogens is 561 g/mol. The van der Waals surface area contributed by atoms with E-state index in [9.17, 15) is 14.0 Å². The van der Waals surface area contributed by atoms with E-state index in [4.69, 9.17) is 11.3 Å². The quantitative estimate of drug-likeness (QED) is 0.0532. The van der Waals surface area contributed by atoms with Crippen LogP contribution in [0.3, 0.4) is 0 Å². The number of carbonyl (C=O) groups excluding carboxylic acids is 1. The molecule has 0 aliphatic heterocycles. The fraction of sp³-hybridized carbons (Fsp3) is 0.188. The van der Waals surface area contributed by atoms with Gasteiger partial charge in [0.15, 0.2) is 0 Å². The summed E-state index contributed by atoms with van der Waals surface area (Å²) >= 11 is 0. The van der Waals surface area contributed by atoms with Crippen LogP contribution in [0.5, 0.6) is 0 Å². The molecule has 5 N–H and O–H groups in total. The molecule has 3 aromatic heterocycles. The van der Waals surface area contributed by atoms with Crippen LogP contribution < -0.4 is 22.0 Å². The molecule has 0 aliphatic rings. The van der Waals surface area contributed by atoms with Gasteiger partial charge in [-0.25, -0.2) is 10.2 Å². The van der Waals surface area contributed by atoms with Crippen LogP contribution in [-0.4, -0.2) is 50.7 Å². The number of aryl methyl sites for hydroxylation is 1. The zero-order valence-electron chi connectivity index (χ0n) is 24.8. The predicted octanol–water partition coefficient (Wildman–Crippen LogP) is 4.19. The van der Waals surface area contributed by atoms with Gasteiger partial charge in [-0.3, -0.25) is 14.6 Å². The molecule has 0 unspecified atom stereocenters. The largest absolute Gasteiger partial charge is 0.320 e. The first-order valence-electron chi connectivity index (χ1n) is 13.9. The molecule has 12 heteroatoms. The number of amidine groups is 1. The molecule has 0 saturated heterocycles. The Kier molecular flexibility index (Phi) is 8.45. The number of carbonyl (C=O) groups is 1. The van der Waals surface area contributed by atoms with Crippen LogP contribution in [0.25, 0.3) is 27.8 Å². The Balaban J connectivity index is 1.61. The van der Waals surface area contributed by atoms with Crippen molar-refractivity contribution in [2.24, 2.45) is 11.1 Å². The smallest absolute Gasteiger partial charge is 0.280 e. The number of nitrogens with zero attached hydrogens (tertiary/aromatic N) is 5. The summed E-state index contributed by atoms with van der Waals surface area (Å²) in [6.07, 6.45) is 5.31. The first kappa shape index (κ1) is 30.0. The standard InChI is InChI=1S/C32H32FN9O2/c1-19-17-41(29-10-8-24(33)14-26(19)29)25-12-21(15-37-16-25)18-42-28(11-9-27(32(42)44)38-31(43)20(2)36-3)22-6-5-7-23(13-22)30(34)40(4)39-35/h5-17,20,34-36H,18H2,1-4H3,(H,38,43)/p+1/t20-/m0/s1. The summed E-state index contributed by atoms with van der Waals surface area (Å²) in [5.41, 5.74) is 4.74. The summed E-state index contributed by atoms with van der Waals surface area (Å²) in [6.45, 7) is 3.75. The Hall–Kier alpha value is -5.49. The van der Waals surface area contributed by atoms with Crippen LogP contribution in [0, 0.1) is 18.2 Å². The van der Waals surface area contributed by atoms with Gasteiger partial charge in [-0.1, -0.05) is 12.1 Å². The Morgan fingerprint density at radius 3 is 2.70 bits per heavy atom. The molecule has 1 amide bonds. The maximum atomic E-state index is 13.9. The van der Waals surface area contributed by atoms with Crippen molar-refractivity contribution in [2.75, 3.05) is 19.4 Å². The summed E-state index contributed by atoms with van der Waals surface area (Å²) in [7, 11) is 3.23. The minimum absolute atomic E-state index is 0.0826. The lowest BCUT2D eigenvalue weighted by atomic mass is 10.1. The number of nitrogens with one attached hydrogen (secondary N) is 3. The molecule has 0 aliphatic carbocycles. The molecule has 11 nitrogen and oxygen atoms in total. The van der Waals surface area contributed by atoms with Crippen LogP contribution in [0.1, 0.15) is 23.6 Å². The molecule has 2 aromatic carbocycles. The lowest BCUT2D eigenvalue weighted by molar-refractivity contribution is -0.452. The second-order valence-corrected chi connectivity index (χ2v) is 10.5. The molecule has 1 atom stereocenters. The van der Waals surface area contributed by atoms with Gasteiger partial charge >= 0.3 is 0 Å². The Morgan fingerprint density at radius 1 is 1.16 bits per heavy atom. The molecule has 224 valence electrons. The summed E-state index contributed by atoms with van der Waals surface area (Å²) in [5.74, 6) is 4.80. The van der Waals surface area contributed by atoms with Gasteiger partial charge in [0.1, 0.15) is 11.5 Å². The van der Waals surface area contributed by atoms with E-state index in [-0.39, 0.29) is 29.8 Å². The van der Waals surface area contributed by atoms with Crippen molar-refractivity contribution in [3.05, 3.63) is 112 Å². The first-order chi connectivity index (χ1) is 21.1. The summed E-state index contributed by atoms with van der Waals surface area (Å²) in [4.78, 5) is 31.0. The molecule has 0 radical (unpaired) electrons. The second-order valence-electron chi connectivity index (χ2n) is 10.5. The molecular formula is C32H33FN9O2+. The highest BCUT2D eigenvalue weighted by Crippen LogP contribution is 2.26. The van der Waals surface area contributed by atoms with Gasteiger partial charge in [-0.2, -0.15) is 5.41 Å². The van der Waals surface area contributed by atoms with Crippen LogP contribution in [0.15, 0.2) is 89.3 Å². The van der Waals surface area contributed by atoms with E-state index >= 15 is 0 Å². The SMILES string of the molecule is CN[C@@H](C)C(=O)Nc1ccc(-c2cccc(C(=N)[N+](C)=NN)c2)n(Cc2cncc(-n3cc(C)c4cc(F)ccc43)c2)c1=O. The van der Waals surface area contributed by atoms with Crippen molar-refractivity contribution in [3.63, 3.8) is 0 Å². The fourth-order valence-corrected chi connectivity index (χ4v) is 4.98. The fourth-order valence-electron chi connectivity index (χ4n) is 4.98. The van der Waals surface area contributed by atoms with Gasteiger partial charge in [-0.15, -0.1) is 4.70 Å². The van der Waals surface area contributed by atoms with Crippen molar-refractivity contribution in [2.45, 2.75) is 26.4 Å². The third-order valence-corrected chi connectivity index (χ3v) is 7.55. The van der Waals surface area contributed by atoms with E-state index in [2.05, 4.69) is 20.8 Å². The number of halogens is 1. The number of aromatic nitrogens is 3. The molecule has 5 rings (SSSR count). The van der Waals surface area contributed by atoms with E-state index in [1.54, 1.807) is 74.4 Å². The highest BCUT2D eigenvalue weighted by molar-refractivity contribution is 5.94. The average molecular weight is 595 g/mol. The Bertz CT molecular complexity index is 1990. The molecule has 0 bridgehead atoms. The van der Waals surface area contributed by atoms with Gasteiger partial charge in [0.2, 0.25) is 5.91 Å². The van der Waals surface area contributed by atoms with E-state index in [1.165, 1.54) is 16.8 Å². The number of pyridine rings is 2. The molecule has 0 fully saturated rings. The third kappa shape index (κ3) is 5.88. The van der Waals surface area contributed by atoms with E-state index < -0.39 is 11.6 Å². The third-order valence-electron chi connectivity index (χ3n) is 7.55. The highest BCUT2D eigenvalue weighted by Gasteiger charge is 2.18. The van der Waals surface area contributed by atoms with Gasteiger partial charge < -0.3 is 19.8 Å². The van der Waals surface area contributed by atoms with E-state index in [1.807, 2.05) is 29.8 Å². The monoisotopic (exact) mass is 594 g/mol. The summed E-state index contributed by atoms with van der Waals surface area (Å²) in [6, 6.07) is 16.6. The van der Waals surface area contributed by atoms with E-state index in [0.29, 0.717) is 16.8 Å². The zero-order chi connectivity index (χ0) is 31.5. The van der Waals surface area contributed by atoms with Gasteiger partial charge in [0.05, 0.1) is 48.3 Å². The number of rotatable bonds is 8. The lowest BCUT2D eigenvalue weighted by Gasteiger charge is -2.17. The van der Waals surface area contributed by atoms with Crippen LogP contribution in [0.2, 0.25) is 0 Å². The number of hydrogen-bond donors (Lipinski definition) is 4. The Morgan fingerprint density at radius 2 is 1.95 bits per heavy atom. The number of nitrogens with two attached hydrogens (primary N) is 1. The van der Waals surface area contributed by atoms with Gasteiger partial charge in [0, 0.05) is 23.0 Å². The number of hydrogen-bond acceptors (Lipinski definition) is 6. The minimum Gasteiger partial charge on any atom is -0.320 e. The maximum absolute atomic E-state index is 13.9. The topological polar surface area (TPSA) is 146 Å². The molecule has 5 aromatic rings. The van der Waals surface area contributed by atoms with Gasteiger partial charge in [-0.05, 0) is 86.1 Å². The average Bonchev–Trinajstić information content (AvgIpc) is 3.37. The van der Waals surface area contributed by atoms with Crippen LogP contribution in [-0.2, 0) is 11.3 Å². The Labute approximate surface area is 253 Å². The predicted molar refractivity (Wildman–Crippen MR) is 168 cm³/mol. The van der Waals surface area contributed by atoms with Crippen molar-refractivity contribution >= 4 is 28.3 Å². The normalized spacial score (nSPS) is 12.3. The molecule has 3 heterocycles. The lowest BCUT2D eigenvalue weighted by Crippen LogP contribution is -2.37. The zero-order valence-corrected chi connectivity index (χ0v) is 24.8. The molecule has 0 saturated carbocycles. The highest BCUT2D eigenvalue weighted by atomic mass is 19.1. The van der Waals surface area contributed by atoms with E-state index in [0.717, 1.165) is 27.7 Å². The number of fused-ring (bicyclic) bond motifs is 1. The van der Waals surface area contributed by atoms with Crippen molar-refractivity contribution in [1.29, 1.82) is 5.41 Å². The van der Waals surface area contributed by atoms with Gasteiger partial charge in [0.25, 0.3) is 11.4 Å². The van der Waals surface area contributed by atoms with Crippen LogP contribution in [0.4, 0.5) is 10.1 Å². The maximum Gasteiger partial charge on any atom is 0.280 e. The first-order valence-corrected chi connectivity index (χ1v) is 13.9. The van der Waals surface area contributed by atoms with Crippen LogP contribution >= 0.6 is 0 Å². The van der Waals surface area contributed by atoms with Crippen molar-refractivity contribution in [3.8, 4) is 16.9 Å². The number of amides is 1. The molecule has 44 heavy (non-hydrogen) atoms. The summed E-state index contributed by atoms with van der Waals surface area (Å²) < 4.78 is 18.7. The summed E-state index contributed by atoms with van der Waals surface area (Å²) in [5, 5.41) is 18.4. The number of likely N-dealkylation sites (N-methyl/N-ethyl adjacent to an activating group) is 1. The van der Waals surface area contributed by atoms with Crippen molar-refractivity contribution < 1.29 is 13.9 Å². The van der Waals surface area contributed by atoms with Crippen molar-refractivity contribution in [1.82, 2.24) is 19.4 Å². The minimum atomic E-state index is -0.510. The molecule has 0 spiro atoms.